The number of carbonyl (C=O) groups is 1. The molecule has 0 aliphatic heterocycles. The van der Waals surface area contributed by atoms with Crippen LogP contribution in [0.4, 0.5) is 0 Å². The van der Waals surface area contributed by atoms with Crippen molar-refractivity contribution in [3.63, 3.8) is 0 Å². The molecular weight excluding hydrogens is 264 g/mol. The van der Waals surface area contributed by atoms with Gasteiger partial charge in [0.1, 0.15) is 5.75 Å². The minimum absolute atomic E-state index is 0.0779. The summed E-state index contributed by atoms with van der Waals surface area (Å²) in [4.78, 5) is 12.2. The third kappa shape index (κ3) is 2.67. The zero-order valence-corrected chi connectivity index (χ0v) is 12.6. The zero-order valence-electron chi connectivity index (χ0n) is 12.6. The molecule has 0 saturated heterocycles. The van der Waals surface area contributed by atoms with Gasteiger partial charge in [-0.1, -0.05) is 19.8 Å². The van der Waals surface area contributed by atoms with Crippen molar-refractivity contribution in [3.8, 4) is 5.75 Å². The molecule has 0 unspecified atom stereocenters. The number of hydrogen-bond donors (Lipinski definition) is 1. The molecule has 0 spiro atoms. The SMILES string of the molecule is COc1ccc(/C=N\NC(=O)[C@@H]2[C@@H]3CCCC[C@]23C)cc1. The zero-order chi connectivity index (χ0) is 14.9. The van der Waals surface area contributed by atoms with Crippen LogP contribution in [0.15, 0.2) is 29.4 Å². The Bertz CT molecular complexity index is 552. The number of benzene rings is 1. The summed E-state index contributed by atoms with van der Waals surface area (Å²) in [5.74, 6) is 1.62. The Hall–Kier alpha value is -1.84. The molecule has 1 aromatic rings. The lowest BCUT2D eigenvalue weighted by Gasteiger charge is -2.15. The predicted molar refractivity (Wildman–Crippen MR) is 82.3 cm³/mol. The number of nitrogens with zero attached hydrogens (tertiary/aromatic N) is 1. The van der Waals surface area contributed by atoms with Crippen molar-refractivity contribution in [2.24, 2.45) is 22.4 Å². The van der Waals surface area contributed by atoms with Crippen molar-refractivity contribution in [2.45, 2.75) is 32.6 Å². The van der Waals surface area contributed by atoms with Crippen molar-refractivity contribution < 1.29 is 9.53 Å². The molecule has 0 bridgehead atoms. The summed E-state index contributed by atoms with van der Waals surface area (Å²) in [5, 5.41) is 4.08. The summed E-state index contributed by atoms with van der Waals surface area (Å²) in [5.41, 5.74) is 3.88. The van der Waals surface area contributed by atoms with Crippen molar-refractivity contribution in [1.29, 1.82) is 0 Å². The van der Waals surface area contributed by atoms with Crippen LogP contribution in [-0.4, -0.2) is 19.2 Å². The van der Waals surface area contributed by atoms with E-state index in [1.807, 2.05) is 24.3 Å². The number of amides is 1. The van der Waals surface area contributed by atoms with Gasteiger partial charge >= 0.3 is 0 Å². The first-order valence-electron chi connectivity index (χ1n) is 7.62. The summed E-state index contributed by atoms with van der Waals surface area (Å²) in [7, 11) is 1.64. The first-order valence-corrected chi connectivity index (χ1v) is 7.62. The van der Waals surface area contributed by atoms with Crippen LogP contribution in [0.2, 0.25) is 0 Å². The maximum Gasteiger partial charge on any atom is 0.244 e. The molecule has 2 saturated carbocycles. The Kier molecular flexibility index (Phi) is 3.70. The highest BCUT2D eigenvalue weighted by molar-refractivity contribution is 5.85. The van der Waals surface area contributed by atoms with Gasteiger partial charge < -0.3 is 4.74 Å². The second kappa shape index (κ2) is 5.51. The Morgan fingerprint density at radius 3 is 2.76 bits per heavy atom. The minimum Gasteiger partial charge on any atom is -0.497 e. The van der Waals surface area contributed by atoms with Crippen LogP contribution < -0.4 is 10.2 Å². The van der Waals surface area contributed by atoms with E-state index in [0.717, 1.165) is 11.3 Å². The van der Waals surface area contributed by atoms with Gasteiger partial charge in [0, 0.05) is 5.92 Å². The molecule has 3 rings (SSSR count). The van der Waals surface area contributed by atoms with Gasteiger partial charge in [-0.15, -0.1) is 0 Å². The number of fused-ring (bicyclic) bond motifs is 1. The fourth-order valence-electron chi connectivity index (χ4n) is 3.78. The summed E-state index contributed by atoms with van der Waals surface area (Å²) in [6.07, 6.45) is 6.56. The Labute approximate surface area is 125 Å². The molecule has 0 heterocycles. The topological polar surface area (TPSA) is 50.7 Å². The molecule has 21 heavy (non-hydrogen) atoms. The average molecular weight is 286 g/mol. The van der Waals surface area contributed by atoms with E-state index < -0.39 is 0 Å². The van der Waals surface area contributed by atoms with E-state index in [1.165, 1.54) is 25.7 Å². The van der Waals surface area contributed by atoms with Crippen LogP contribution in [0, 0.1) is 17.3 Å². The average Bonchev–Trinajstić information content (AvgIpc) is 3.13. The molecule has 1 aromatic carbocycles. The normalized spacial score (nSPS) is 30.8. The fourth-order valence-corrected chi connectivity index (χ4v) is 3.78. The first kappa shape index (κ1) is 14.1. The molecule has 4 nitrogen and oxygen atoms in total. The molecule has 112 valence electrons. The summed E-state index contributed by atoms with van der Waals surface area (Å²) in [6, 6.07) is 7.57. The van der Waals surface area contributed by atoms with Crippen molar-refractivity contribution >= 4 is 12.1 Å². The fraction of sp³-hybridized carbons (Fsp3) is 0.529. The summed E-state index contributed by atoms with van der Waals surface area (Å²) < 4.78 is 5.10. The molecule has 4 heteroatoms. The van der Waals surface area contributed by atoms with Crippen molar-refractivity contribution in [2.75, 3.05) is 7.11 Å². The first-order chi connectivity index (χ1) is 10.1. The van der Waals surface area contributed by atoms with Crippen LogP contribution in [-0.2, 0) is 4.79 Å². The summed E-state index contributed by atoms with van der Waals surface area (Å²) in [6.45, 7) is 2.24. The number of rotatable bonds is 4. The number of nitrogens with one attached hydrogen (secondary N) is 1. The minimum atomic E-state index is 0.0779. The van der Waals surface area contributed by atoms with Gasteiger partial charge in [-0.25, -0.2) is 5.43 Å². The Morgan fingerprint density at radius 1 is 1.38 bits per heavy atom. The van der Waals surface area contributed by atoms with Crippen LogP contribution in [0.5, 0.6) is 5.75 Å². The largest absolute Gasteiger partial charge is 0.497 e. The van der Waals surface area contributed by atoms with Crippen LogP contribution in [0.1, 0.15) is 38.2 Å². The third-order valence-electron chi connectivity index (χ3n) is 5.12. The maximum absolute atomic E-state index is 12.2. The van der Waals surface area contributed by atoms with Gasteiger partial charge in [0.25, 0.3) is 0 Å². The van der Waals surface area contributed by atoms with Crippen molar-refractivity contribution in [3.05, 3.63) is 29.8 Å². The third-order valence-corrected chi connectivity index (χ3v) is 5.12. The van der Waals surface area contributed by atoms with Gasteiger partial charge in [0.05, 0.1) is 13.3 Å². The number of carbonyl (C=O) groups excluding carboxylic acids is 1. The quantitative estimate of drug-likeness (QED) is 0.683. The van der Waals surface area contributed by atoms with E-state index in [2.05, 4.69) is 17.5 Å². The Morgan fingerprint density at radius 2 is 2.14 bits per heavy atom. The van der Waals surface area contributed by atoms with E-state index in [4.69, 9.17) is 4.74 Å². The van der Waals surface area contributed by atoms with Crippen molar-refractivity contribution in [1.82, 2.24) is 5.43 Å². The van der Waals surface area contributed by atoms with E-state index in [-0.39, 0.29) is 17.2 Å². The molecule has 0 aromatic heterocycles. The number of ether oxygens (including phenoxy) is 1. The molecule has 0 radical (unpaired) electrons. The lowest BCUT2D eigenvalue weighted by Crippen LogP contribution is -2.22. The standard InChI is InChI=1S/C17H22N2O2/c1-17-10-4-3-5-14(17)15(17)16(20)19-18-11-12-6-8-13(21-2)9-7-12/h6-9,11,14-15H,3-5,10H2,1-2H3,(H,19,20)/b18-11-/t14-,15-,17-/m0/s1. The molecule has 1 amide bonds. The van der Waals surface area contributed by atoms with Gasteiger partial charge in [-0.05, 0) is 54.0 Å². The Balaban J connectivity index is 1.55. The molecule has 2 fully saturated rings. The lowest BCUT2D eigenvalue weighted by atomic mass is 9.90. The highest BCUT2D eigenvalue weighted by Crippen LogP contribution is 2.66. The van der Waals surface area contributed by atoms with E-state index >= 15 is 0 Å². The van der Waals surface area contributed by atoms with E-state index in [1.54, 1.807) is 13.3 Å². The van der Waals surface area contributed by atoms with Gasteiger partial charge in [-0.3, -0.25) is 4.79 Å². The second-order valence-electron chi connectivity index (χ2n) is 6.34. The predicted octanol–water partition coefficient (Wildman–Crippen LogP) is 2.97. The second-order valence-corrected chi connectivity index (χ2v) is 6.34. The van der Waals surface area contributed by atoms with E-state index in [9.17, 15) is 4.79 Å². The molecule has 1 N–H and O–H groups in total. The highest BCUT2D eigenvalue weighted by atomic mass is 16.5. The number of hydrogen-bond acceptors (Lipinski definition) is 3. The van der Waals surface area contributed by atoms with E-state index in [0.29, 0.717) is 5.92 Å². The smallest absolute Gasteiger partial charge is 0.244 e. The highest BCUT2D eigenvalue weighted by Gasteiger charge is 2.64. The van der Waals surface area contributed by atoms with Crippen LogP contribution >= 0.6 is 0 Å². The van der Waals surface area contributed by atoms with Crippen LogP contribution in [0.25, 0.3) is 0 Å². The van der Waals surface area contributed by atoms with Gasteiger partial charge in [-0.2, -0.15) is 5.10 Å². The lowest BCUT2D eigenvalue weighted by molar-refractivity contribution is -0.123. The maximum atomic E-state index is 12.2. The monoisotopic (exact) mass is 286 g/mol. The summed E-state index contributed by atoms with van der Waals surface area (Å²) >= 11 is 0. The van der Waals surface area contributed by atoms with Gasteiger partial charge in [0.15, 0.2) is 0 Å². The van der Waals surface area contributed by atoms with Gasteiger partial charge in [0.2, 0.25) is 5.91 Å². The molecular formula is C17H22N2O2. The van der Waals surface area contributed by atoms with Crippen LogP contribution in [0.3, 0.4) is 0 Å². The molecule has 2 aliphatic carbocycles. The molecule has 2 aliphatic rings. The molecule has 3 atom stereocenters. The number of methoxy groups -OCH3 is 1. The number of hydrazone groups is 1.